The van der Waals surface area contributed by atoms with Crippen LogP contribution in [0, 0.1) is 0 Å². The molecule has 2 amide bonds. The van der Waals surface area contributed by atoms with E-state index in [0.29, 0.717) is 0 Å². The Morgan fingerprint density at radius 2 is 1.29 bits per heavy atom. The Balaban J connectivity index is 1.98. The number of amides is 2. The summed E-state index contributed by atoms with van der Waals surface area (Å²) >= 11 is 0. The number of hydrogen-bond donors (Lipinski definition) is 2. The Hall–Kier alpha value is -2.07. The largest absolute Gasteiger partial charge is 0.323 e. The zero-order chi connectivity index (χ0) is 15.5. The lowest BCUT2D eigenvalue weighted by molar-refractivity contribution is 0.262. The molecule has 0 radical (unpaired) electrons. The molecule has 2 aromatic rings. The molecular formula is C17H22N2OSi. The number of urea groups is 1. The van der Waals surface area contributed by atoms with Crippen LogP contribution in [0.4, 0.5) is 16.2 Å². The third-order valence-corrected chi connectivity index (χ3v) is 3.98. The van der Waals surface area contributed by atoms with Gasteiger partial charge in [0.25, 0.3) is 0 Å². The van der Waals surface area contributed by atoms with Crippen LogP contribution in [0.15, 0.2) is 48.5 Å². The summed E-state index contributed by atoms with van der Waals surface area (Å²) in [4.78, 5) is 11.9. The van der Waals surface area contributed by atoms with Crippen molar-refractivity contribution in [3.8, 4) is 0 Å². The highest BCUT2D eigenvalue weighted by Crippen LogP contribution is 2.23. The van der Waals surface area contributed by atoms with Crippen LogP contribution < -0.4 is 15.8 Å². The summed E-state index contributed by atoms with van der Waals surface area (Å²) in [5.74, 6) is 0. The summed E-state index contributed by atoms with van der Waals surface area (Å²) in [7, 11) is 1.02. The van der Waals surface area contributed by atoms with Gasteiger partial charge in [0.2, 0.25) is 0 Å². The van der Waals surface area contributed by atoms with Crippen LogP contribution in [0.2, 0.25) is 0 Å². The van der Waals surface area contributed by atoms with Crippen molar-refractivity contribution >= 4 is 32.8 Å². The highest BCUT2D eigenvalue weighted by molar-refractivity contribution is 6.32. The zero-order valence-electron chi connectivity index (χ0n) is 13.0. The van der Waals surface area contributed by atoms with Gasteiger partial charge < -0.3 is 10.6 Å². The van der Waals surface area contributed by atoms with E-state index in [2.05, 4.69) is 31.4 Å². The van der Waals surface area contributed by atoms with E-state index < -0.39 is 0 Å². The van der Waals surface area contributed by atoms with Crippen molar-refractivity contribution in [2.24, 2.45) is 0 Å². The summed E-state index contributed by atoms with van der Waals surface area (Å²) in [6, 6.07) is 15.6. The second-order valence-electron chi connectivity index (χ2n) is 6.27. The van der Waals surface area contributed by atoms with Gasteiger partial charge in [0.05, 0.1) is 0 Å². The molecule has 0 unspecified atom stereocenters. The molecule has 2 rings (SSSR count). The Morgan fingerprint density at radius 1 is 0.857 bits per heavy atom. The molecule has 3 nitrogen and oxygen atoms in total. The number of rotatable bonds is 2. The van der Waals surface area contributed by atoms with Gasteiger partial charge in [-0.15, -0.1) is 0 Å². The Bertz CT molecular complexity index is 613. The van der Waals surface area contributed by atoms with Crippen LogP contribution in [0.5, 0.6) is 0 Å². The summed E-state index contributed by atoms with van der Waals surface area (Å²) in [5, 5.41) is 6.97. The molecule has 2 aromatic carbocycles. The Kier molecular flexibility index (Phi) is 4.48. The standard InChI is InChI=1S/C17H22N2OSi/c1-17(2,3)12-4-6-13(7-5-12)18-16(20)19-14-8-10-15(21)11-9-14/h4-11H,1-3,21H3,(H2,18,19,20). The number of hydrogen-bond acceptors (Lipinski definition) is 1. The van der Waals surface area contributed by atoms with Gasteiger partial charge in [-0.25, -0.2) is 4.79 Å². The van der Waals surface area contributed by atoms with Crippen molar-refractivity contribution in [3.05, 3.63) is 54.1 Å². The topological polar surface area (TPSA) is 41.1 Å². The van der Waals surface area contributed by atoms with Crippen LogP contribution in [-0.2, 0) is 5.41 Å². The number of nitrogens with one attached hydrogen (secondary N) is 2. The number of anilines is 2. The fourth-order valence-corrected chi connectivity index (χ4v) is 2.32. The van der Waals surface area contributed by atoms with Crippen molar-refractivity contribution in [1.29, 1.82) is 0 Å². The Morgan fingerprint density at radius 3 is 1.71 bits per heavy atom. The van der Waals surface area contributed by atoms with E-state index >= 15 is 0 Å². The van der Waals surface area contributed by atoms with Crippen LogP contribution in [0.1, 0.15) is 26.3 Å². The van der Waals surface area contributed by atoms with Gasteiger partial charge in [-0.05, 0) is 35.2 Å². The first-order chi connectivity index (χ1) is 9.84. The van der Waals surface area contributed by atoms with Gasteiger partial charge in [0.1, 0.15) is 0 Å². The van der Waals surface area contributed by atoms with Gasteiger partial charge >= 0.3 is 6.03 Å². The average Bonchev–Trinajstić information content (AvgIpc) is 2.41. The third kappa shape index (κ3) is 4.46. The lowest BCUT2D eigenvalue weighted by atomic mass is 9.87. The second kappa shape index (κ2) is 6.14. The minimum absolute atomic E-state index is 0.117. The highest BCUT2D eigenvalue weighted by atomic mass is 28.1. The molecule has 0 atom stereocenters. The molecule has 0 aliphatic heterocycles. The maximum atomic E-state index is 11.9. The van der Waals surface area contributed by atoms with E-state index in [-0.39, 0.29) is 11.4 Å². The van der Waals surface area contributed by atoms with Crippen LogP contribution in [0.25, 0.3) is 0 Å². The van der Waals surface area contributed by atoms with E-state index in [0.717, 1.165) is 21.6 Å². The molecular weight excluding hydrogens is 276 g/mol. The van der Waals surface area contributed by atoms with Gasteiger partial charge in [-0.3, -0.25) is 0 Å². The van der Waals surface area contributed by atoms with Gasteiger partial charge in [-0.1, -0.05) is 50.2 Å². The smallest absolute Gasteiger partial charge is 0.308 e. The molecule has 0 spiro atoms. The molecule has 110 valence electrons. The van der Waals surface area contributed by atoms with Crippen molar-refractivity contribution in [1.82, 2.24) is 0 Å². The number of carbonyl (C=O) groups is 1. The lowest BCUT2D eigenvalue weighted by Gasteiger charge is -2.19. The normalized spacial score (nSPS) is 11.2. The quantitative estimate of drug-likeness (QED) is 0.822. The van der Waals surface area contributed by atoms with Crippen LogP contribution in [-0.4, -0.2) is 16.3 Å². The highest BCUT2D eigenvalue weighted by Gasteiger charge is 2.13. The summed E-state index contributed by atoms with van der Waals surface area (Å²) in [6.45, 7) is 6.51. The number of carbonyl (C=O) groups excluding carboxylic acids is 1. The van der Waals surface area contributed by atoms with Crippen molar-refractivity contribution < 1.29 is 4.79 Å². The first kappa shape index (κ1) is 15.3. The van der Waals surface area contributed by atoms with E-state index in [1.165, 1.54) is 10.8 Å². The Labute approximate surface area is 129 Å². The molecule has 0 saturated heterocycles. The van der Waals surface area contributed by atoms with E-state index in [1.54, 1.807) is 0 Å². The van der Waals surface area contributed by atoms with Gasteiger partial charge in [-0.2, -0.15) is 0 Å². The molecule has 0 fully saturated rings. The van der Waals surface area contributed by atoms with E-state index in [9.17, 15) is 4.79 Å². The fourth-order valence-electron chi connectivity index (χ4n) is 1.98. The van der Waals surface area contributed by atoms with Crippen molar-refractivity contribution in [2.45, 2.75) is 26.2 Å². The van der Waals surface area contributed by atoms with Gasteiger partial charge in [0.15, 0.2) is 0 Å². The lowest BCUT2D eigenvalue weighted by Crippen LogP contribution is -2.20. The molecule has 0 saturated carbocycles. The molecule has 0 aromatic heterocycles. The van der Waals surface area contributed by atoms with E-state index in [4.69, 9.17) is 0 Å². The maximum Gasteiger partial charge on any atom is 0.323 e. The maximum absolute atomic E-state index is 11.9. The first-order valence-electron chi connectivity index (χ1n) is 7.10. The molecule has 0 aliphatic rings. The molecule has 2 N–H and O–H groups in total. The van der Waals surface area contributed by atoms with Crippen LogP contribution >= 0.6 is 0 Å². The van der Waals surface area contributed by atoms with Crippen molar-refractivity contribution in [3.63, 3.8) is 0 Å². The zero-order valence-corrected chi connectivity index (χ0v) is 15.0. The monoisotopic (exact) mass is 298 g/mol. The average molecular weight is 298 g/mol. The third-order valence-electron chi connectivity index (χ3n) is 3.32. The second-order valence-corrected chi connectivity index (χ2v) is 7.43. The van der Waals surface area contributed by atoms with Crippen LogP contribution in [0.3, 0.4) is 0 Å². The molecule has 0 heterocycles. The summed E-state index contributed by atoms with van der Waals surface area (Å²) < 4.78 is 0. The summed E-state index contributed by atoms with van der Waals surface area (Å²) in [6.07, 6.45) is 0. The fraction of sp³-hybridized carbons (Fsp3) is 0.235. The van der Waals surface area contributed by atoms with Gasteiger partial charge in [0, 0.05) is 21.6 Å². The predicted octanol–water partition coefficient (Wildman–Crippen LogP) is 2.62. The molecule has 4 heteroatoms. The van der Waals surface area contributed by atoms with E-state index in [1.807, 2.05) is 48.5 Å². The SMILES string of the molecule is CC(C)(C)c1ccc(NC(=O)Nc2ccc([SiH3])cc2)cc1. The molecule has 21 heavy (non-hydrogen) atoms. The summed E-state index contributed by atoms with van der Waals surface area (Å²) in [5.41, 5.74) is 2.96. The minimum atomic E-state index is -0.223. The van der Waals surface area contributed by atoms with Crippen molar-refractivity contribution in [2.75, 3.05) is 10.6 Å². The predicted molar refractivity (Wildman–Crippen MR) is 93.8 cm³/mol. The molecule has 0 bridgehead atoms. The molecule has 0 aliphatic carbocycles. The number of benzene rings is 2. The minimum Gasteiger partial charge on any atom is -0.308 e. The first-order valence-corrected chi connectivity index (χ1v) is 8.10.